The van der Waals surface area contributed by atoms with Crippen molar-refractivity contribution in [1.82, 2.24) is 10.2 Å². The number of nitrogens with zero attached hydrogens (tertiary/aromatic N) is 1. The van der Waals surface area contributed by atoms with Crippen LogP contribution in [0.15, 0.2) is 0 Å². The van der Waals surface area contributed by atoms with Gasteiger partial charge in [0.25, 0.3) is 0 Å². The minimum atomic E-state index is -3.05. The van der Waals surface area contributed by atoms with E-state index in [0.29, 0.717) is 12.2 Å². The summed E-state index contributed by atoms with van der Waals surface area (Å²) in [5, 5.41) is 11.6. The van der Waals surface area contributed by atoms with E-state index in [-0.39, 0.29) is 23.6 Å². The minimum Gasteiger partial charge on any atom is -0.480 e. The molecule has 1 heterocycles. The average Bonchev–Trinajstić information content (AvgIpc) is 2.78. The van der Waals surface area contributed by atoms with Gasteiger partial charge in [0, 0.05) is 18.6 Å². The molecule has 1 aliphatic heterocycles. The molecular weight excluding hydrogens is 316 g/mol. The van der Waals surface area contributed by atoms with Gasteiger partial charge in [-0.2, -0.15) is 0 Å². The first-order valence-electron chi connectivity index (χ1n) is 6.72. The first-order valence-corrected chi connectivity index (χ1v) is 9.82. The van der Waals surface area contributed by atoms with Crippen LogP contribution in [0.2, 0.25) is 0 Å². The van der Waals surface area contributed by atoms with Crippen molar-refractivity contribution < 1.29 is 23.1 Å². The number of rotatable bonds is 6. The molecule has 1 saturated heterocycles. The second-order valence-electron chi connectivity index (χ2n) is 5.44. The third kappa shape index (κ3) is 5.39. The number of aliphatic carboxylic acids is 1. The first kappa shape index (κ1) is 18.1. The van der Waals surface area contributed by atoms with Crippen molar-refractivity contribution in [3.63, 3.8) is 0 Å². The molecule has 0 aliphatic carbocycles. The molecule has 0 saturated carbocycles. The van der Waals surface area contributed by atoms with Crippen molar-refractivity contribution in [2.24, 2.45) is 5.92 Å². The number of carboxylic acids is 1. The zero-order valence-electron chi connectivity index (χ0n) is 12.4. The lowest BCUT2D eigenvalue weighted by Gasteiger charge is -2.29. The van der Waals surface area contributed by atoms with Gasteiger partial charge in [0.2, 0.25) is 0 Å². The van der Waals surface area contributed by atoms with E-state index in [2.05, 4.69) is 5.32 Å². The van der Waals surface area contributed by atoms with E-state index in [0.717, 1.165) is 6.26 Å². The van der Waals surface area contributed by atoms with Crippen molar-refractivity contribution in [1.29, 1.82) is 0 Å². The molecule has 0 bridgehead atoms. The molecule has 0 aromatic carbocycles. The number of carbonyl (C=O) groups excluding carboxylic acids is 1. The summed E-state index contributed by atoms with van der Waals surface area (Å²) in [6.45, 7) is 4.09. The molecule has 1 fully saturated rings. The summed E-state index contributed by atoms with van der Waals surface area (Å²) in [4.78, 5) is 24.8. The number of urea groups is 1. The van der Waals surface area contributed by atoms with Crippen molar-refractivity contribution in [3.05, 3.63) is 0 Å². The SMILES string of the molecule is CC(C)C1SCC(C(=O)O)N1C(=O)NCCCS(C)(=O)=O. The molecule has 1 aliphatic rings. The van der Waals surface area contributed by atoms with Gasteiger partial charge in [-0.1, -0.05) is 13.8 Å². The molecule has 7 nitrogen and oxygen atoms in total. The fourth-order valence-electron chi connectivity index (χ4n) is 2.11. The van der Waals surface area contributed by atoms with Crippen LogP contribution in [0, 0.1) is 5.92 Å². The topological polar surface area (TPSA) is 104 Å². The van der Waals surface area contributed by atoms with E-state index < -0.39 is 27.9 Å². The Morgan fingerprint density at radius 2 is 2.05 bits per heavy atom. The first-order chi connectivity index (χ1) is 9.63. The summed E-state index contributed by atoms with van der Waals surface area (Å²) in [5.41, 5.74) is 0. The summed E-state index contributed by atoms with van der Waals surface area (Å²) in [7, 11) is -3.05. The molecule has 0 aromatic heterocycles. The summed E-state index contributed by atoms with van der Waals surface area (Å²) in [6, 6.07) is -1.28. The van der Waals surface area contributed by atoms with Crippen LogP contribution in [0.25, 0.3) is 0 Å². The van der Waals surface area contributed by atoms with Crippen LogP contribution >= 0.6 is 11.8 Å². The number of nitrogens with one attached hydrogen (secondary N) is 1. The summed E-state index contributed by atoms with van der Waals surface area (Å²) < 4.78 is 22.0. The zero-order valence-corrected chi connectivity index (χ0v) is 14.0. The Labute approximate surface area is 129 Å². The highest BCUT2D eigenvalue weighted by Crippen LogP contribution is 2.33. The maximum atomic E-state index is 12.2. The highest BCUT2D eigenvalue weighted by molar-refractivity contribution is 8.00. The van der Waals surface area contributed by atoms with Gasteiger partial charge < -0.3 is 10.4 Å². The predicted octanol–water partition coefficient (Wildman–Crippen LogP) is 0.615. The Morgan fingerprint density at radius 3 is 2.52 bits per heavy atom. The lowest BCUT2D eigenvalue weighted by molar-refractivity contribution is -0.141. The third-order valence-corrected chi connectivity index (χ3v) is 5.74. The maximum Gasteiger partial charge on any atom is 0.327 e. The number of hydrogen-bond acceptors (Lipinski definition) is 5. The molecular formula is C12H22N2O5S2. The van der Waals surface area contributed by atoms with Gasteiger partial charge >= 0.3 is 12.0 Å². The van der Waals surface area contributed by atoms with Gasteiger partial charge in [0.1, 0.15) is 15.9 Å². The quantitative estimate of drug-likeness (QED) is 0.688. The second kappa shape index (κ2) is 7.35. The largest absolute Gasteiger partial charge is 0.480 e. The Morgan fingerprint density at radius 1 is 1.43 bits per heavy atom. The smallest absolute Gasteiger partial charge is 0.327 e. The zero-order chi connectivity index (χ0) is 16.2. The van der Waals surface area contributed by atoms with Crippen LogP contribution < -0.4 is 5.32 Å². The standard InChI is InChI=1S/C12H22N2O5S2/c1-8(2)10-14(9(7-20-10)11(15)16)12(17)13-5-4-6-21(3,18)19/h8-10H,4-7H2,1-3H3,(H,13,17)(H,15,16). The molecule has 1 rings (SSSR count). The van der Waals surface area contributed by atoms with E-state index in [1.165, 1.54) is 16.7 Å². The van der Waals surface area contributed by atoms with Gasteiger partial charge in [-0.05, 0) is 12.3 Å². The number of carbonyl (C=O) groups is 2. The van der Waals surface area contributed by atoms with Gasteiger partial charge in [-0.15, -0.1) is 11.8 Å². The van der Waals surface area contributed by atoms with Crippen LogP contribution in [0.3, 0.4) is 0 Å². The van der Waals surface area contributed by atoms with Crippen LogP contribution in [0.1, 0.15) is 20.3 Å². The monoisotopic (exact) mass is 338 g/mol. The van der Waals surface area contributed by atoms with Gasteiger partial charge in [-0.25, -0.2) is 18.0 Å². The van der Waals surface area contributed by atoms with Crippen molar-refractivity contribution >= 4 is 33.6 Å². The molecule has 2 unspecified atom stereocenters. The molecule has 0 spiro atoms. The van der Waals surface area contributed by atoms with Crippen LogP contribution in [-0.4, -0.2) is 66.1 Å². The van der Waals surface area contributed by atoms with Crippen LogP contribution in [0.4, 0.5) is 4.79 Å². The minimum absolute atomic E-state index is 0.00199. The van der Waals surface area contributed by atoms with E-state index in [1.54, 1.807) is 0 Å². The Hall–Kier alpha value is -0.960. The van der Waals surface area contributed by atoms with E-state index in [9.17, 15) is 23.1 Å². The summed E-state index contributed by atoms with van der Waals surface area (Å²) >= 11 is 1.46. The van der Waals surface area contributed by atoms with Crippen LogP contribution in [-0.2, 0) is 14.6 Å². The Balaban J connectivity index is 2.61. The van der Waals surface area contributed by atoms with Crippen LogP contribution in [0.5, 0.6) is 0 Å². The van der Waals surface area contributed by atoms with Gasteiger partial charge in [0.05, 0.1) is 11.1 Å². The normalized spacial score (nSPS) is 22.6. The molecule has 9 heteroatoms. The number of thioether (sulfide) groups is 1. The van der Waals surface area contributed by atoms with Crippen molar-refractivity contribution in [2.75, 3.05) is 24.3 Å². The highest BCUT2D eigenvalue weighted by atomic mass is 32.2. The molecule has 2 N–H and O–H groups in total. The number of carboxylic acid groups (broad SMARTS) is 1. The lowest BCUT2D eigenvalue weighted by atomic mass is 10.2. The fraction of sp³-hybridized carbons (Fsp3) is 0.833. The number of sulfone groups is 1. The third-order valence-electron chi connectivity index (χ3n) is 3.09. The Bertz CT molecular complexity index is 492. The van der Waals surface area contributed by atoms with Crippen molar-refractivity contribution in [3.8, 4) is 0 Å². The molecule has 122 valence electrons. The molecule has 0 aromatic rings. The highest BCUT2D eigenvalue weighted by Gasteiger charge is 2.42. The number of amides is 2. The van der Waals surface area contributed by atoms with Gasteiger partial charge in [-0.3, -0.25) is 4.90 Å². The second-order valence-corrected chi connectivity index (χ2v) is 8.85. The number of hydrogen-bond donors (Lipinski definition) is 2. The summed E-state index contributed by atoms with van der Waals surface area (Å²) in [6.07, 6.45) is 1.46. The van der Waals surface area contributed by atoms with E-state index in [4.69, 9.17) is 0 Å². The Kier molecular flexibility index (Phi) is 6.33. The average molecular weight is 338 g/mol. The predicted molar refractivity (Wildman–Crippen MR) is 82.1 cm³/mol. The molecule has 0 radical (unpaired) electrons. The molecule has 2 atom stereocenters. The summed E-state index contributed by atoms with van der Waals surface area (Å²) in [5.74, 6) is -0.509. The molecule has 21 heavy (non-hydrogen) atoms. The van der Waals surface area contributed by atoms with Gasteiger partial charge in [0.15, 0.2) is 0 Å². The van der Waals surface area contributed by atoms with E-state index >= 15 is 0 Å². The lowest BCUT2D eigenvalue weighted by Crippen LogP contribution is -2.51. The van der Waals surface area contributed by atoms with E-state index in [1.807, 2.05) is 13.8 Å². The fourth-order valence-corrected chi connectivity index (χ4v) is 4.25. The molecule has 2 amide bonds. The maximum absolute atomic E-state index is 12.2. The van der Waals surface area contributed by atoms with Crippen molar-refractivity contribution in [2.45, 2.75) is 31.7 Å².